The second kappa shape index (κ2) is 8.61. The van der Waals surface area contributed by atoms with E-state index in [4.69, 9.17) is 0 Å². The number of amides is 2. The number of H-pyrrole nitrogens is 1. The fourth-order valence-electron chi connectivity index (χ4n) is 6.09. The Morgan fingerprint density at radius 2 is 1.85 bits per heavy atom. The monoisotopic (exact) mass is 457 g/mol. The maximum atomic E-state index is 14.6. The Morgan fingerprint density at radius 1 is 1.12 bits per heavy atom. The van der Waals surface area contributed by atoms with Crippen LogP contribution in [0.3, 0.4) is 0 Å². The molecule has 2 aliphatic heterocycles. The van der Waals surface area contributed by atoms with E-state index >= 15 is 0 Å². The Hall–Kier alpha value is -3.08. The minimum absolute atomic E-state index is 0.00117. The first-order valence-electron chi connectivity index (χ1n) is 12.7. The first-order chi connectivity index (χ1) is 16.4. The normalized spacial score (nSPS) is 21.6. The molecule has 0 saturated heterocycles. The maximum absolute atomic E-state index is 14.6. The second-order valence-corrected chi connectivity index (χ2v) is 10.3. The van der Waals surface area contributed by atoms with E-state index in [0.29, 0.717) is 13.0 Å². The Kier molecular flexibility index (Phi) is 5.75. The highest BCUT2D eigenvalue weighted by atomic mass is 16.2. The second-order valence-electron chi connectivity index (χ2n) is 10.3. The molecule has 5 nitrogen and oxygen atoms in total. The van der Waals surface area contributed by atoms with E-state index in [1.54, 1.807) is 0 Å². The van der Waals surface area contributed by atoms with Gasteiger partial charge in [-0.1, -0.05) is 70.0 Å². The van der Waals surface area contributed by atoms with Gasteiger partial charge in [-0.3, -0.25) is 9.59 Å². The van der Waals surface area contributed by atoms with E-state index in [1.165, 1.54) is 0 Å². The molecular formula is C29H35N3O2. The number of carbonyl (C=O) groups is 2. The van der Waals surface area contributed by atoms with Gasteiger partial charge < -0.3 is 14.8 Å². The van der Waals surface area contributed by atoms with Gasteiger partial charge in [0.1, 0.15) is 0 Å². The molecule has 178 valence electrons. The highest BCUT2D eigenvalue weighted by molar-refractivity contribution is 6.12. The van der Waals surface area contributed by atoms with E-state index in [2.05, 4.69) is 50.9 Å². The van der Waals surface area contributed by atoms with Gasteiger partial charge in [0.2, 0.25) is 5.91 Å². The summed E-state index contributed by atoms with van der Waals surface area (Å²) in [5, 5.41) is 1.15. The molecule has 2 atom stereocenters. The van der Waals surface area contributed by atoms with Crippen molar-refractivity contribution in [3.8, 4) is 0 Å². The van der Waals surface area contributed by atoms with Crippen LogP contribution in [0.4, 0.5) is 5.69 Å². The number of para-hydroxylation sites is 2. The molecule has 2 aliphatic rings. The summed E-state index contributed by atoms with van der Waals surface area (Å²) in [6.45, 7) is 9.07. The van der Waals surface area contributed by atoms with Crippen LogP contribution in [-0.2, 0) is 21.5 Å². The molecule has 0 bridgehead atoms. The summed E-state index contributed by atoms with van der Waals surface area (Å²) < 4.78 is 0. The smallest absolute Gasteiger partial charge is 0.264 e. The van der Waals surface area contributed by atoms with Gasteiger partial charge in [-0.2, -0.15) is 0 Å². The number of nitrogens with zero attached hydrogens (tertiary/aromatic N) is 2. The number of nitrogens with one attached hydrogen (secondary N) is 1. The van der Waals surface area contributed by atoms with Crippen LogP contribution in [0, 0.1) is 5.92 Å². The van der Waals surface area contributed by atoms with Crippen molar-refractivity contribution in [3.05, 3.63) is 65.4 Å². The van der Waals surface area contributed by atoms with Gasteiger partial charge in [0, 0.05) is 35.5 Å². The molecule has 1 N–H and O–H groups in total. The van der Waals surface area contributed by atoms with Crippen LogP contribution in [0.2, 0.25) is 0 Å². The molecule has 3 heterocycles. The van der Waals surface area contributed by atoms with E-state index in [1.807, 2.05) is 40.1 Å². The molecule has 2 amide bonds. The zero-order valence-corrected chi connectivity index (χ0v) is 20.7. The lowest BCUT2D eigenvalue weighted by Crippen LogP contribution is -2.62. The summed E-state index contributed by atoms with van der Waals surface area (Å²) >= 11 is 0. The first-order valence-corrected chi connectivity index (χ1v) is 12.7. The molecule has 5 rings (SSSR count). The Balaban J connectivity index is 1.79. The Morgan fingerprint density at radius 3 is 2.62 bits per heavy atom. The summed E-state index contributed by atoms with van der Waals surface area (Å²) in [5.74, 6) is 0.264. The number of carbonyl (C=O) groups excluding carboxylic acids is 2. The number of aromatic nitrogens is 1. The highest BCUT2D eigenvalue weighted by Crippen LogP contribution is 2.53. The zero-order valence-electron chi connectivity index (χ0n) is 20.7. The summed E-state index contributed by atoms with van der Waals surface area (Å²) in [6, 6.07) is 16.3. The first kappa shape index (κ1) is 22.7. The summed E-state index contributed by atoms with van der Waals surface area (Å²) in [7, 11) is 0. The van der Waals surface area contributed by atoms with Gasteiger partial charge in [0.25, 0.3) is 5.91 Å². The third-order valence-electron chi connectivity index (χ3n) is 7.45. The Bertz CT molecular complexity index is 1240. The minimum Gasteiger partial charge on any atom is -0.355 e. The lowest BCUT2D eigenvalue weighted by Gasteiger charge is -2.47. The van der Waals surface area contributed by atoms with Crippen LogP contribution < -0.4 is 4.90 Å². The SMILES string of the molecule is CCCCCN1C(=O)[C@]2(c3ccccc31)c1[nH]c3ccccc3c1C[C@@H](C)N2C(=O)CC(C)C. The van der Waals surface area contributed by atoms with Gasteiger partial charge in [0.05, 0.1) is 11.4 Å². The highest BCUT2D eigenvalue weighted by Gasteiger charge is 2.61. The molecule has 5 heteroatoms. The summed E-state index contributed by atoms with van der Waals surface area (Å²) in [4.78, 5) is 36.0. The van der Waals surface area contributed by atoms with Gasteiger partial charge in [-0.25, -0.2) is 0 Å². The molecule has 1 aromatic heterocycles. The molecule has 1 spiro atoms. The third kappa shape index (κ3) is 3.20. The van der Waals surface area contributed by atoms with E-state index in [9.17, 15) is 9.59 Å². The summed E-state index contributed by atoms with van der Waals surface area (Å²) in [6.07, 6.45) is 4.27. The quantitative estimate of drug-likeness (QED) is 0.478. The van der Waals surface area contributed by atoms with Crippen molar-refractivity contribution >= 4 is 28.4 Å². The lowest BCUT2D eigenvalue weighted by molar-refractivity contribution is -0.148. The van der Waals surface area contributed by atoms with Gasteiger partial charge in [0.15, 0.2) is 5.54 Å². The van der Waals surface area contributed by atoms with Crippen molar-refractivity contribution in [2.45, 2.75) is 71.4 Å². The van der Waals surface area contributed by atoms with Crippen molar-refractivity contribution in [2.75, 3.05) is 11.4 Å². The summed E-state index contributed by atoms with van der Waals surface area (Å²) in [5.41, 5.74) is 3.76. The molecule has 2 aromatic carbocycles. The van der Waals surface area contributed by atoms with Crippen LogP contribution in [0.15, 0.2) is 48.5 Å². The molecule has 3 aromatic rings. The van der Waals surface area contributed by atoms with E-state index < -0.39 is 5.54 Å². The zero-order chi connectivity index (χ0) is 24.0. The minimum atomic E-state index is -1.15. The lowest BCUT2D eigenvalue weighted by atomic mass is 9.77. The number of anilines is 1. The molecule has 0 aliphatic carbocycles. The Labute approximate surface area is 202 Å². The van der Waals surface area contributed by atoms with E-state index in [0.717, 1.165) is 59.1 Å². The van der Waals surface area contributed by atoms with Crippen molar-refractivity contribution < 1.29 is 9.59 Å². The maximum Gasteiger partial charge on any atom is 0.264 e. The van der Waals surface area contributed by atoms with E-state index in [-0.39, 0.29) is 23.8 Å². The van der Waals surface area contributed by atoms with Crippen LogP contribution in [0.5, 0.6) is 0 Å². The fraction of sp³-hybridized carbons (Fsp3) is 0.448. The predicted octanol–water partition coefficient (Wildman–Crippen LogP) is 5.77. The molecular weight excluding hydrogens is 422 g/mol. The van der Waals surface area contributed by atoms with Gasteiger partial charge >= 0.3 is 0 Å². The van der Waals surface area contributed by atoms with Gasteiger partial charge in [-0.15, -0.1) is 0 Å². The average molecular weight is 458 g/mol. The fourth-order valence-corrected chi connectivity index (χ4v) is 6.09. The number of hydrogen-bond donors (Lipinski definition) is 1. The molecule has 0 saturated carbocycles. The number of unbranched alkanes of at least 4 members (excludes halogenated alkanes) is 2. The standard InChI is InChI=1S/C29H35N3O2/c1-5-6-11-16-31-25-15-10-8-13-23(25)29(28(31)34)27-22(21-12-7-9-14-24(21)30-27)18-20(4)32(29)26(33)17-19(2)3/h7-10,12-15,19-20,30H,5-6,11,16-18H2,1-4H3/t20-,29+/m1/s1. The number of hydrogen-bond acceptors (Lipinski definition) is 2. The number of aromatic amines is 1. The van der Waals surface area contributed by atoms with Crippen LogP contribution in [-0.4, -0.2) is 34.3 Å². The van der Waals surface area contributed by atoms with Crippen molar-refractivity contribution in [1.82, 2.24) is 9.88 Å². The van der Waals surface area contributed by atoms with Crippen molar-refractivity contribution in [3.63, 3.8) is 0 Å². The van der Waals surface area contributed by atoms with Gasteiger partial charge in [-0.05, 0) is 43.4 Å². The number of rotatable bonds is 6. The molecule has 34 heavy (non-hydrogen) atoms. The van der Waals surface area contributed by atoms with Crippen molar-refractivity contribution in [2.24, 2.45) is 5.92 Å². The molecule has 0 unspecified atom stereocenters. The van der Waals surface area contributed by atoms with Crippen molar-refractivity contribution in [1.29, 1.82) is 0 Å². The predicted molar refractivity (Wildman–Crippen MR) is 137 cm³/mol. The van der Waals surface area contributed by atoms with Crippen LogP contribution >= 0.6 is 0 Å². The molecule has 0 radical (unpaired) electrons. The largest absolute Gasteiger partial charge is 0.355 e. The number of benzene rings is 2. The third-order valence-corrected chi connectivity index (χ3v) is 7.45. The number of fused-ring (bicyclic) bond motifs is 6. The van der Waals surface area contributed by atoms with Crippen LogP contribution in [0.1, 0.15) is 70.2 Å². The average Bonchev–Trinajstić information content (AvgIpc) is 3.29. The molecule has 0 fully saturated rings. The topological polar surface area (TPSA) is 56.4 Å². The van der Waals surface area contributed by atoms with Crippen LogP contribution in [0.25, 0.3) is 10.9 Å².